The summed E-state index contributed by atoms with van der Waals surface area (Å²) in [6.45, 7) is -2.76. The van der Waals surface area contributed by atoms with Crippen molar-refractivity contribution in [1.82, 2.24) is 19.9 Å². The van der Waals surface area contributed by atoms with E-state index < -0.39 is 149 Å². The number of ether oxygens (including phenoxy) is 8. The van der Waals surface area contributed by atoms with Crippen LogP contribution in [0.25, 0.3) is 79.8 Å². The van der Waals surface area contributed by atoms with Crippen LogP contribution in [0.4, 0.5) is 0 Å². The van der Waals surface area contributed by atoms with Gasteiger partial charge in [-0.15, -0.1) is 0 Å². The zero-order valence-electron chi connectivity index (χ0n) is 50.8. The number of hydrogen-bond acceptors (Lipinski definition) is 26. The molecule has 6 aromatic rings. The molecule has 9 heterocycles. The number of H-pyrrole nitrogens is 2. The first-order valence-electron chi connectivity index (χ1n) is 31.1. The van der Waals surface area contributed by atoms with Gasteiger partial charge in [-0.3, -0.25) is 0 Å². The van der Waals surface area contributed by atoms with Crippen LogP contribution in [0.5, 0.6) is 23.0 Å². The monoisotopic (exact) mass is 1330 g/mol. The molecule has 0 spiro atoms. The number of fused-ring (bicyclic) bond motifs is 8. The molecule has 7 aliphatic heterocycles. The summed E-state index contributed by atoms with van der Waals surface area (Å²) in [5.41, 5.74) is 8.08. The van der Waals surface area contributed by atoms with E-state index >= 15 is 0 Å². The van der Waals surface area contributed by atoms with Crippen molar-refractivity contribution in [3.05, 3.63) is 143 Å². The lowest BCUT2D eigenvalue weighted by atomic mass is 9.98. The van der Waals surface area contributed by atoms with Gasteiger partial charge in [0.05, 0.1) is 49.2 Å². The van der Waals surface area contributed by atoms with Crippen LogP contribution in [-0.4, -0.2) is 251 Å². The van der Waals surface area contributed by atoms with Crippen LogP contribution in [0, 0.1) is 0 Å². The highest BCUT2D eigenvalue weighted by Gasteiger charge is 2.48. The molecule has 28 nitrogen and oxygen atoms in total. The molecular weight excluding hydrogens is 1260 g/mol. The lowest BCUT2D eigenvalue weighted by Crippen LogP contribution is -2.60. The molecule has 7 aliphatic rings. The van der Waals surface area contributed by atoms with Crippen molar-refractivity contribution in [2.75, 3.05) is 26.4 Å². The first kappa shape index (κ1) is 66.7. The van der Waals surface area contributed by atoms with Gasteiger partial charge in [0.2, 0.25) is 25.2 Å². The summed E-state index contributed by atoms with van der Waals surface area (Å²) >= 11 is 0. The number of aliphatic hydroxyl groups is 16. The Morgan fingerprint density at radius 2 is 0.583 bits per heavy atom. The maximum Gasteiger partial charge on any atom is 0.229 e. The molecule has 0 amide bonds. The number of nitrogens with one attached hydrogen (secondary N) is 2. The highest BCUT2D eigenvalue weighted by atomic mass is 16.7. The summed E-state index contributed by atoms with van der Waals surface area (Å²) in [7, 11) is 0. The van der Waals surface area contributed by atoms with Gasteiger partial charge in [-0.25, -0.2) is 9.97 Å². The fourth-order valence-corrected chi connectivity index (χ4v) is 12.8. The number of aliphatic hydroxyl groups excluding tert-OH is 16. The second kappa shape index (κ2) is 27.9. The van der Waals surface area contributed by atoms with Gasteiger partial charge in [0, 0.05) is 44.7 Å². The fraction of sp³-hybridized carbons (Fsp3) is 0.382. The van der Waals surface area contributed by atoms with Crippen molar-refractivity contribution in [2.24, 2.45) is 0 Å². The minimum Gasteiger partial charge on any atom is -0.462 e. The number of hydrogen-bond donors (Lipinski definition) is 18. The molecule has 4 fully saturated rings. The van der Waals surface area contributed by atoms with Crippen LogP contribution in [0.2, 0.25) is 0 Å². The van der Waals surface area contributed by atoms with Gasteiger partial charge >= 0.3 is 0 Å². The molecule has 0 saturated carbocycles. The van der Waals surface area contributed by atoms with Crippen LogP contribution in [0.15, 0.2) is 109 Å². The van der Waals surface area contributed by atoms with Crippen LogP contribution >= 0.6 is 0 Å². The Bertz CT molecular complexity index is 3830. The van der Waals surface area contributed by atoms with E-state index in [-0.39, 0.29) is 23.0 Å². The normalized spacial score (nSPS) is 31.6. The Labute approximate surface area is 545 Å². The van der Waals surface area contributed by atoms with Crippen LogP contribution in [-0.2, 0) is 31.8 Å². The molecule has 4 aromatic carbocycles. The molecule has 13 rings (SSSR count). The zero-order valence-corrected chi connectivity index (χ0v) is 50.8. The molecule has 0 radical (unpaired) electrons. The number of benzene rings is 4. The smallest absolute Gasteiger partial charge is 0.229 e. The largest absolute Gasteiger partial charge is 0.462 e. The van der Waals surface area contributed by atoms with E-state index in [1.807, 2.05) is 36.4 Å². The molecule has 0 aliphatic carbocycles. The summed E-state index contributed by atoms with van der Waals surface area (Å²) in [5.74, 6) is 0.594. The van der Waals surface area contributed by atoms with Crippen molar-refractivity contribution in [3.8, 4) is 67.5 Å². The first-order valence-corrected chi connectivity index (χ1v) is 31.1. The summed E-state index contributed by atoms with van der Waals surface area (Å²) in [6, 6.07) is 30.6. The van der Waals surface area contributed by atoms with Crippen LogP contribution in [0.1, 0.15) is 34.2 Å². The number of aromatic amines is 2. The molecule has 2 aromatic heterocycles. The van der Waals surface area contributed by atoms with E-state index in [0.29, 0.717) is 103 Å². The standard InChI is InChI=1S/C68H72N4O24/c73-25-45-53(77)57(81)61(85)65(93-45)89-33-9-1-5-29(21-33)49-37-13-15-39(69-37)50(30-6-2-10-34(22-30)90-66-62(86)58(82)54(78)46(26-74)94-66)41-17-19-43(71-41)52(32-8-4-12-36(24-32)92-68-64(88)60(84)56(80)48(28-76)96-68)44-20-18-42(72-44)51(40-16-14-38(49)70-40)31-7-3-11-35(23-31)91-67-63(87)59(83)55(79)47(27-75)95-67/h1-17,19,21-24,45-48,53-69,72-88H,18,20,25-28H2/t45-,46-,47-,48-,53-,54-,55-,56-,57+,58+,59+,60+,61-,62-,63-,64-,65?,66?,67?,68?/m1/s1. The average molecular weight is 1330 g/mol. The Morgan fingerprint density at radius 1 is 0.323 bits per heavy atom. The topological polar surface area (TPSA) is 455 Å². The van der Waals surface area contributed by atoms with Crippen molar-refractivity contribution >= 4 is 35.3 Å². The highest BCUT2D eigenvalue weighted by molar-refractivity contribution is 5.97. The van der Waals surface area contributed by atoms with Crippen molar-refractivity contribution in [1.29, 1.82) is 0 Å². The third-order valence-electron chi connectivity index (χ3n) is 18.0. The second-order valence-corrected chi connectivity index (χ2v) is 24.2. The number of aryl methyl sites for hydroxylation is 2. The minimum absolute atomic E-state index is 0.141. The molecule has 8 bridgehead atoms. The maximum atomic E-state index is 11.1. The number of aromatic nitrogens is 4. The predicted octanol–water partition coefficient (Wildman–Crippen LogP) is -0.454. The highest BCUT2D eigenvalue weighted by Crippen LogP contribution is 2.42. The third-order valence-corrected chi connectivity index (χ3v) is 18.0. The number of rotatable bonds is 16. The van der Waals surface area contributed by atoms with Gasteiger partial charge in [0.1, 0.15) is 121 Å². The van der Waals surface area contributed by atoms with Crippen molar-refractivity contribution < 1.29 is 120 Å². The van der Waals surface area contributed by atoms with Gasteiger partial charge in [0.25, 0.3) is 0 Å². The van der Waals surface area contributed by atoms with E-state index in [1.165, 1.54) is 0 Å². The fourth-order valence-electron chi connectivity index (χ4n) is 12.8. The summed E-state index contributed by atoms with van der Waals surface area (Å²) < 4.78 is 47.7. The quantitative estimate of drug-likeness (QED) is 0.0582. The Balaban J connectivity index is 1.03. The van der Waals surface area contributed by atoms with Crippen molar-refractivity contribution in [2.45, 2.75) is 136 Å². The van der Waals surface area contributed by atoms with E-state index in [4.69, 9.17) is 47.9 Å². The maximum absolute atomic E-state index is 11.1. The molecule has 18 N–H and O–H groups in total. The molecule has 4 saturated heterocycles. The van der Waals surface area contributed by atoms with E-state index in [2.05, 4.69) is 9.97 Å². The zero-order chi connectivity index (χ0) is 67.4. The van der Waals surface area contributed by atoms with Crippen LogP contribution < -0.4 is 18.9 Å². The minimum atomic E-state index is -1.74. The van der Waals surface area contributed by atoms with Crippen molar-refractivity contribution in [3.63, 3.8) is 0 Å². The molecule has 20 atom stereocenters. The lowest BCUT2D eigenvalue weighted by Gasteiger charge is -2.39. The van der Waals surface area contributed by atoms with Gasteiger partial charge in [-0.2, -0.15) is 0 Å². The molecule has 28 heteroatoms. The lowest BCUT2D eigenvalue weighted by molar-refractivity contribution is -0.277. The van der Waals surface area contributed by atoms with Gasteiger partial charge in [0.15, 0.2) is 0 Å². The summed E-state index contributed by atoms with van der Waals surface area (Å²) in [4.78, 5) is 18.1. The SMILES string of the molecule is OC[C@H]1OC(Oc2cccc(-c3c4nc(c(-c5cccc(OC6O[C@H](CO)[C@@H](O)[C@H](O)[C@H]6O)c5)c5ccc([nH]5)c(-c5cccc(OC6O[C@H](CO)[C@@H](O)[C@H](O)[C@H]6O)c5)c5nc(c(-c6cccc(OC7O[C@H](CO)[C@@H](O)[C@H](O)[C@H]7O)c6)c6[nH]c3CC6)C=C5)C=C4)c2)[C@H](O)[C@@H](O)[C@@H]1O. The first-order chi connectivity index (χ1) is 46.3. The average Bonchev–Trinajstić information content (AvgIpc) is 1.58. The molecule has 508 valence electrons. The predicted molar refractivity (Wildman–Crippen MR) is 337 cm³/mol. The number of nitrogens with zero attached hydrogens (tertiary/aromatic N) is 2. The molecule has 96 heavy (non-hydrogen) atoms. The Kier molecular flexibility index (Phi) is 19.4. The van der Waals surface area contributed by atoms with E-state index in [9.17, 15) is 81.7 Å². The second-order valence-electron chi connectivity index (χ2n) is 24.2. The third kappa shape index (κ3) is 12.9. The van der Waals surface area contributed by atoms with E-state index in [0.717, 1.165) is 0 Å². The summed E-state index contributed by atoms with van der Waals surface area (Å²) in [5, 5.41) is 169. The summed E-state index contributed by atoms with van der Waals surface area (Å²) in [6.07, 6.45) is -23.7. The Hall–Kier alpha value is -7.86. The molecule has 4 unspecified atom stereocenters. The van der Waals surface area contributed by atoms with Gasteiger partial charge in [-0.05, 0) is 120 Å². The van der Waals surface area contributed by atoms with Crippen LogP contribution in [0.3, 0.4) is 0 Å². The van der Waals surface area contributed by atoms with Gasteiger partial charge in [-0.1, -0.05) is 48.5 Å². The van der Waals surface area contributed by atoms with Gasteiger partial charge < -0.3 is 130 Å². The van der Waals surface area contributed by atoms with E-state index in [1.54, 1.807) is 97.1 Å². The Morgan fingerprint density at radius 3 is 0.854 bits per heavy atom. The molecular formula is C68H72N4O24.